The number of carbonyl (C=O) groups is 1. The van der Waals surface area contributed by atoms with E-state index in [2.05, 4.69) is 12.2 Å². The van der Waals surface area contributed by atoms with Gasteiger partial charge in [0.1, 0.15) is 0 Å². The summed E-state index contributed by atoms with van der Waals surface area (Å²) in [6, 6.07) is 17.1. The van der Waals surface area contributed by atoms with E-state index in [4.69, 9.17) is 4.74 Å². The molecule has 4 atom stereocenters. The topological polar surface area (TPSA) is 78.8 Å². The lowest BCUT2D eigenvalue weighted by molar-refractivity contribution is 0.0192. The average Bonchev–Trinajstić information content (AvgIpc) is 3.03. The predicted octanol–water partition coefficient (Wildman–Crippen LogP) is 4.23. The molecule has 1 amide bonds. The van der Waals surface area contributed by atoms with Gasteiger partial charge in [-0.25, -0.2) is 0 Å². The normalized spacial score (nSPS) is 24.0. The predicted molar refractivity (Wildman–Crippen MR) is 122 cm³/mol. The van der Waals surface area contributed by atoms with E-state index in [-0.39, 0.29) is 36.2 Å². The number of hydrogen-bond acceptors (Lipinski definition) is 4. The maximum absolute atomic E-state index is 12.3. The highest BCUT2D eigenvalue weighted by Gasteiger charge is 2.49. The van der Waals surface area contributed by atoms with Gasteiger partial charge in [-0.1, -0.05) is 37.3 Å². The Morgan fingerprint density at radius 2 is 1.70 bits per heavy atom. The number of aliphatic hydroxyl groups excluding tert-OH is 1. The zero-order valence-electron chi connectivity index (χ0n) is 18.0. The first-order chi connectivity index (χ1) is 14.3. The number of benzene rings is 2. The van der Waals surface area contributed by atoms with Crippen LogP contribution in [0.3, 0.4) is 0 Å². The molecule has 0 radical (unpaired) electrons. The summed E-state index contributed by atoms with van der Waals surface area (Å²) in [4.78, 5) is 23.0. The van der Waals surface area contributed by atoms with Gasteiger partial charge in [0.2, 0.25) is 0 Å². The molecule has 0 aliphatic carbocycles. The summed E-state index contributed by atoms with van der Waals surface area (Å²) in [7, 11) is -2.37. The van der Waals surface area contributed by atoms with Crippen molar-refractivity contribution in [2.24, 2.45) is 5.92 Å². The van der Waals surface area contributed by atoms with E-state index in [1.54, 1.807) is 12.1 Å². The van der Waals surface area contributed by atoms with Crippen LogP contribution in [-0.2, 0) is 11.2 Å². The Labute approximate surface area is 180 Å². The van der Waals surface area contributed by atoms with Gasteiger partial charge in [0.05, 0.1) is 12.2 Å². The second-order valence-corrected chi connectivity index (χ2v) is 12.8. The molecule has 1 saturated heterocycles. The minimum atomic E-state index is -2.37. The maximum atomic E-state index is 12.3. The van der Waals surface area contributed by atoms with Gasteiger partial charge < -0.3 is 20.0 Å². The fraction of sp³-hybridized carbons (Fsp3) is 0.458. The Morgan fingerprint density at radius 3 is 2.30 bits per heavy atom. The second-order valence-electron chi connectivity index (χ2n) is 8.82. The Balaban J connectivity index is 1.56. The average molecular weight is 428 g/mol. The van der Waals surface area contributed by atoms with E-state index in [0.29, 0.717) is 12.0 Å². The number of ether oxygens (including phenoxy) is 1. The standard InChI is InChI=1S/C24H33NO4Si/c1-17-21(29-22(15-16-26)23(17)30(2,3)28)14-11-18-9-12-20(13-10-18)25-24(27)19-7-5-4-6-8-19/h4-10,12-13,17,21-23,26,28H,11,14-16H2,1-3H3,(H,25,27)/t17-,21+,22-,23+/m1/s1. The van der Waals surface area contributed by atoms with Gasteiger partial charge in [0.25, 0.3) is 5.91 Å². The highest BCUT2D eigenvalue weighted by molar-refractivity contribution is 6.71. The molecule has 0 saturated carbocycles. The van der Waals surface area contributed by atoms with Gasteiger partial charge in [-0.15, -0.1) is 0 Å². The van der Waals surface area contributed by atoms with Crippen molar-refractivity contribution >= 4 is 19.9 Å². The van der Waals surface area contributed by atoms with Crippen molar-refractivity contribution < 1.29 is 19.4 Å². The third-order valence-electron chi connectivity index (χ3n) is 6.10. The summed E-state index contributed by atoms with van der Waals surface area (Å²) in [5, 5.41) is 12.3. The number of hydrogen-bond donors (Lipinski definition) is 3. The number of aliphatic hydroxyl groups is 1. The van der Waals surface area contributed by atoms with Crippen LogP contribution in [0, 0.1) is 5.92 Å². The van der Waals surface area contributed by atoms with Crippen LogP contribution in [0.15, 0.2) is 54.6 Å². The van der Waals surface area contributed by atoms with Gasteiger partial charge in [0, 0.05) is 23.4 Å². The van der Waals surface area contributed by atoms with Gasteiger partial charge in [-0.3, -0.25) is 4.79 Å². The molecule has 1 aliphatic rings. The molecule has 1 heterocycles. The van der Waals surface area contributed by atoms with Crippen LogP contribution >= 0.6 is 0 Å². The minimum absolute atomic E-state index is 0.0581. The molecule has 3 N–H and O–H groups in total. The van der Waals surface area contributed by atoms with Gasteiger partial charge in [-0.05, 0) is 68.1 Å². The molecule has 0 aromatic heterocycles. The van der Waals surface area contributed by atoms with E-state index in [1.807, 2.05) is 55.6 Å². The third kappa shape index (κ3) is 5.58. The number of amides is 1. The van der Waals surface area contributed by atoms with Gasteiger partial charge >= 0.3 is 0 Å². The lowest BCUT2D eigenvalue weighted by atomic mass is 9.95. The van der Waals surface area contributed by atoms with Crippen molar-refractivity contribution in [2.45, 2.75) is 57.0 Å². The number of aryl methyl sites for hydroxylation is 1. The van der Waals surface area contributed by atoms with Crippen LogP contribution in [0.1, 0.15) is 35.7 Å². The molecule has 1 aliphatic heterocycles. The van der Waals surface area contributed by atoms with Crippen molar-refractivity contribution in [1.29, 1.82) is 0 Å². The second kappa shape index (κ2) is 9.88. The smallest absolute Gasteiger partial charge is 0.255 e. The molecule has 2 aromatic rings. The number of nitrogens with one attached hydrogen (secondary N) is 1. The van der Waals surface area contributed by atoms with Crippen molar-refractivity contribution in [3.8, 4) is 0 Å². The van der Waals surface area contributed by atoms with Crippen LogP contribution < -0.4 is 5.32 Å². The Morgan fingerprint density at radius 1 is 1.03 bits per heavy atom. The monoisotopic (exact) mass is 427 g/mol. The summed E-state index contributed by atoms with van der Waals surface area (Å²) in [6.45, 7) is 6.18. The highest BCUT2D eigenvalue weighted by atomic mass is 28.4. The molecule has 162 valence electrons. The number of carbonyl (C=O) groups excluding carboxylic acids is 1. The first-order valence-corrected chi connectivity index (χ1v) is 13.8. The fourth-order valence-electron chi connectivity index (χ4n) is 4.66. The fourth-order valence-corrected chi connectivity index (χ4v) is 7.32. The van der Waals surface area contributed by atoms with Gasteiger partial charge in [-0.2, -0.15) is 0 Å². The zero-order chi connectivity index (χ0) is 21.7. The molecule has 5 nitrogen and oxygen atoms in total. The summed E-state index contributed by atoms with van der Waals surface area (Å²) >= 11 is 0. The molecular weight excluding hydrogens is 394 g/mol. The third-order valence-corrected chi connectivity index (χ3v) is 8.63. The first kappa shape index (κ1) is 22.7. The lowest BCUT2D eigenvalue weighted by Gasteiger charge is -2.30. The van der Waals surface area contributed by atoms with Crippen LogP contribution in [0.2, 0.25) is 18.6 Å². The SMILES string of the molecule is C[C@H]1[C@H]([Si](C)(C)O)[C@@H](CCO)O[C@H]1CCc1ccc(NC(=O)c2ccccc2)cc1. The molecule has 0 bridgehead atoms. The summed E-state index contributed by atoms with van der Waals surface area (Å²) in [6.07, 6.45) is 2.35. The minimum Gasteiger partial charge on any atom is -0.432 e. The molecule has 6 heteroatoms. The quantitative estimate of drug-likeness (QED) is 0.551. The maximum Gasteiger partial charge on any atom is 0.255 e. The van der Waals surface area contributed by atoms with Crippen LogP contribution in [0.25, 0.3) is 0 Å². The molecule has 0 unspecified atom stereocenters. The van der Waals surface area contributed by atoms with E-state index >= 15 is 0 Å². The molecule has 0 spiro atoms. The van der Waals surface area contributed by atoms with E-state index < -0.39 is 8.32 Å². The highest BCUT2D eigenvalue weighted by Crippen LogP contribution is 2.45. The Bertz CT molecular complexity index is 819. The summed E-state index contributed by atoms with van der Waals surface area (Å²) < 4.78 is 6.26. The van der Waals surface area contributed by atoms with E-state index in [0.717, 1.165) is 18.5 Å². The number of anilines is 1. The zero-order valence-corrected chi connectivity index (χ0v) is 19.0. The molecule has 3 rings (SSSR count). The van der Waals surface area contributed by atoms with Crippen molar-refractivity contribution in [1.82, 2.24) is 0 Å². The summed E-state index contributed by atoms with van der Waals surface area (Å²) in [5.41, 5.74) is 2.74. The van der Waals surface area contributed by atoms with E-state index in [9.17, 15) is 14.7 Å². The summed E-state index contributed by atoms with van der Waals surface area (Å²) in [5.74, 6) is 0.158. The van der Waals surface area contributed by atoms with Crippen LogP contribution in [-0.4, -0.2) is 42.9 Å². The Kier molecular flexibility index (Phi) is 7.47. The van der Waals surface area contributed by atoms with Crippen molar-refractivity contribution in [3.05, 3.63) is 65.7 Å². The largest absolute Gasteiger partial charge is 0.432 e. The molecule has 30 heavy (non-hydrogen) atoms. The molecular formula is C24H33NO4Si. The van der Waals surface area contributed by atoms with Gasteiger partial charge in [0.15, 0.2) is 8.32 Å². The van der Waals surface area contributed by atoms with Crippen molar-refractivity contribution in [2.75, 3.05) is 11.9 Å². The Hall–Kier alpha value is -1.99. The van der Waals surface area contributed by atoms with Crippen LogP contribution in [0.5, 0.6) is 0 Å². The lowest BCUT2D eigenvalue weighted by Crippen LogP contribution is -2.40. The number of rotatable bonds is 8. The molecule has 2 aromatic carbocycles. The van der Waals surface area contributed by atoms with Crippen LogP contribution in [0.4, 0.5) is 5.69 Å². The first-order valence-electron chi connectivity index (χ1n) is 10.7. The van der Waals surface area contributed by atoms with Crippen molar-refractivity contribution in [3.63, 3.8) is 0 Å². The van der Waals surface area contributed by atoms with E-state index in [1.165, 1.54) is 5.56 Å². The molecule has 1 fully saturated rings.